The van der Waals surface area contributed by atoms with E-state index in [-0.39, 0.29) is 23.8 Å². The molecule has 0 saturated heterocycles. The monoisotopic (exact) mass is 495 g/mol. The van der Waals surface area contributed by atoms with E-state index in [1.165, 1.54) is 0 Å². The first-order valence-corrected chi connectivity index (χ1v) is 12.6. The average molecular weight is 496 g/mol. The van der Waals surface area contributed by atoms with Crippen molar-refractivity contribution in [2.45, 2.75) is 85.5 Å². The van der Waals surface area contributed by atoms with Crippen LogP contribution in [0.2, 0.25) is 0 Å². The van der Waals surface area contributed by atoms with Crippen molar-refractivity contribution in [1.29, 1.82) is 0 Å². The summed E-state index contributed by atoms with van der Waals surface area (Å²) in [5.41, 5.74) is 1.59. The standard InChI is InChI=1S/C29H41N3O4/c1-9-20(4)24(31-28(35)36-29(6,7)8)27(34)32(19(2)3)25(22-16-11-10-12-17-22)26(33)30-23-18-14-13-15-21(23)5/h10-20,24-25H,9H2,1-8H3,(H,30,33)(H,31,35). The van der Waals surface area contributed by atoms with Crippen LogP contribution in [0, 0.1) is 12.8 Å². The summed E-state index contributed by atoms with van der Waals surface area (Å²) < 4.78 is 5.44. The van der Waals surface area contributed by atoms with Crippen LogP contribution < -0.4 is 10.6 Å². The van der Waals surface area contributed by atoms with Crippen LogP contribution in [-0.2, 0) is 14.3 Å². The summed E-state index contributed by atoms with van der Waals surface area (Å²) in [6.45, 7) is 14.8. The first kappa shape index (κ1) is 28.9. The number of benzene rings is 2. The van der Waals surface area contributed by atoms with Crippen molar-refractivity contribution in [1.82, 2.24) is 10.2 Å². The molecule has 7 heteroatoms. The number of anilines is 1. The molecule has 3 atom stereocenters. The molecular weight excluding hydrogens is 454 g/mol. The molecule has 0 aliphatic heterocycles. The fourth-order valence-electron chi connectivity index (χ4n) is 3.95. The Labute approximate surface area is 215 Å². The van der Waals surface area contributed by atoms with Gasteiger partial charge in [0.2, 0.25) is 5.91 Å². The number of ether oxygens (including phenoxy) is 1. The molecule has 2 N–H and O–H groups in total. The van der Waals surface area contributed by atoms with Gasteiger partial charge in [0.15, 0.2) is 0 Å². The SMILES string of the molecule is CCC(C)C(NC(=O)OC(C)(C)C)C(=O)N(C(C)C)C(C(=O)Nc1ccccc1C)c1ccccc1. The predicted octanol–water partition coefficient (Wildman–Crippen LogP) is 5.85. The largest absolute Gasteiger partial charge is 0.444 e. The Morgan fingerprint density at radius 1 is 0.944 bits per heavy atom. The maximum atomic E-state index is 14.1. The second kappa shape index (κ2) is 12.6. The molecule has 2 aromatic carbocycles. The molecule has 0 aliphatic carbocycles. The minimum Gasteiger partial charge on any atom is -0.444 e. The topological polar surface area (TPSA) is 87.7 Å². The van der Waals surface area contributed by atoms with Crippen molar-refractivity contribution in [2.75, 3.05) is 5.32 Å². The van der Waals surface area contributed by atoms with E-state index in [0.29, 0.717) is 17.7 Å². The van der Waals surface area contributed by atoms with Crippen LogP contribution in [0.15, 0.2) is 54.6 Å². The van der Waals surface area contributed by atoms with Gasteiger partial charge >= 0.3 is 6.09 Å². The minimum absolute atomic E-state index is 0.179. The summed E-state index contributed by atoms with van der Waals surface area (Å²) >= 11 is 0. The van der Waals surface area contributed by atoms with Gasteiger partial charge in [-0.3, -0.25) is 9.59 Å². The van der Waals surface area contributed by atoms with Crippen LogP contribution in [0.5, 0.6) is 0 Å². The molecule has 2 rings (SSSR count). The molecule has 0 aromatic heterocycles. The third-order valence-electron chi connectivity index (χ3n) is 6.01. The third kappa shape index (κ3) is 7.83. The first-order valence-electron chi connectivity index (χ1n) is 12.6. The van der Waals surface area contributed by atoms with Crippen molar-refractivity contribution >= 4 is 23.6 Å². The lowest BCUT2D eigenvalue weighted by Gasteiger charge is -2.38. The summed E-state index contributed by atoms with van der Waals surface area (Å²) in [4.78, 5) is 42.1. The van der Waals surface area contributed by atoms with Crippen molar-refractivity contribution in [3.63, 3.8) is 0 Å². The van der Waals surface area contributed by atoms with E-state index in [1.54, 1.807) is 25.7 Å². The Kier molecular flexibility index (Phi) is 10.1. The molecule has 0 fully saturated rings. The molecule has 36 heavy (non-hydrogen) atoms. The normalized spacial score (nSPS) is 13.9. The second-order valence-corrected chi connectivity index (χ2v) is 10.5. The van der Waals surface area contributed by atoms with E-state index in [1.807, 2.05) is 89.2 Å². The van der Waals surface area contributed by atoms with Crippen molar-refractivity contribution in [3.8, 4) is 0 Å². The summed E-state index contributed by atoms with van der Waals surface area (Å²) in [6.07, 6.45) is -0.00529. The number of rotatable bonds is 9. The number of nitrogens with zero attached hydrogens (tertiary/aromatic N) is 1. The highest BCUT2D eigenvalue weighted by Crippen LogP contribution is 2.28. The summed E-state index contributed by atoms with van der Waals surface area (Å²) in [6, 6.07) is 14.7. The molecule has 0 aliphatic rings. The first-order chi connectivity index (χ1) is 16.9. The molecule has 0 spiro atoms. The van der Waals surface area contributed by atoms with Crippen molar-refractivity contribution in [3.05, 3.63) is 65.7 Å². The van der Waals surface area contributed by atoms with E-state index >= 15 is 0 Å². The number of aryl methyl sites for hydroxylation is 1. The van der Waals surface area contributed by atoms with E-state index in [2.05, 4.69) is 10.6 Å². The smallest absolute Gasteiger partial charge is 0.408 e. The number of carbonyl (C=O) groups excluding carboxylic acids is 3. The van der Waals surface area contributed by atoms with Gasteiger partial charge in [0.05, 0.1) is 0 Å². The number of hydrogen-bond acceptors (Lipinski definition) is 4. The van der Waals surface area contributed by atoms with Crippen molar-refractivity contribution < 1.29 is 19.1 Å². The van der Waals surface area contributed by atoms with Gasteiger partial charge in [-0.1, -0.05) is 68.8 Å². The van der Waals surface area contributed by atoms with Gasteiger partial charge in [-0.15, -0.1) is 0 Å². The number of amides is 3. The van der Waals surface area contributed by atoms with Gasteiger partial charge in [-0.2, -0.15) is 0 Å². The molecular formula is C29H41N3O4. The van der Waals surface area contributed by atoms with E-state index < -0.39 is 23.8 Å². The summed E-state index contributed by atoms with van der Waals surface area (Å²) in [5.74, 6) is -0.834. The zero-order chi connectivity index (χ0) is 27.0. The number of hydrogen-bond donors (Lipinski definition) is 2. The Morgan fingerprint density at radius 2 is 1.53 bits per heavy atom. The van der Waals surface area contributed by atoms with Crippen LogP contribution in [0.1, 0.15) is 72.1 Å². The molecule has 196 valence electrons. The van der Waals surface area contributed by atoms with Crippen LogP contribution in [0.4, 0.5) is 10.5 Å². The average Bonchev–Trinajstić information content (AvgIpc) is 2.80. The lowest BCUT2D eigenvalue weighted by atomic mass is 9.95. The fraction of sp³-hybridized carbons (Fsp3) is 0.483. The second-order valence-electron chi connectivity index (χ2n) is 10.5. The predicted molar refractivity (Wildman–Crippen MR) is 144 cm³/mol. The van der Waals surface area contributed by atoms with Crippen LogP contribution in [0.3, 0.4) is 0 Å². The molecule has 2 aromatic rings. The van der Waals surface area contributed by atoms with Crippen LogP contribution >= 0.6 is 0 Å². The summed E-state index contributed by atoms with van der Waals surface area (Å²) in [7, 11) is 0. The maximum Gasteiger partial charge on any atom is 0.408 e. The quantitative estimate of drug-likeness (QED) is 0.457. The number of nitrogens with one attached hydrogen (secondary N) is 2. The molecule has 0 bridgehead atoms. The lowest BCUT2D eigenvalue weighted by molar-refractivity contribution is -0.144. The highest BCUT2D eigenvalue weighted by Gasteiger charge is 2.39. The maximum absolute atomic E-state index is 14.1. The van der Waals surface area contributed by atoms with Crippen LogP contribution in [0.25, 0.3) is 0 Å². The lowest BCUT2D eigenvalue weighted by Crippen LogP contribution is -2.56. The molecule has 0 heterocycles. The number of para-hydroxylation sites is 1. The molecule has 7 nitrogen and oxygen atoms in total. The highest BCUT2D eigenvalue weighted by atomic mass is 16.6. The Hall–Kier alpha value is -3.35. The number of carbonyl (C=O) groups is 3. The Morgan fingerprint density at radius 3 is 2.06 bits per heavy atom. The molecule has 0 radical (unpaired) electrons. The summed E-state index contributed by atoms with van der Waals surface area (Å²) in [5, 5.41) is 5.79. The van der Waals surface area contributed by atoms with E-state index in [4.69, 9.17) is 4.74 Å². The zero-order valence-electron chi connectivity index (χ0n) is 22.8. The molecule has 0 saturated carbocycles. The van der Waals surface area contributed by atoms with Crippen LogP contribution in [-0.4, -0.2) is 40.5 Å². The van der Waals surface area contributed by atoms with E-state index in [9.17, 15) is 14.4 Å². The van der Waals surface area contributed by atoms with Gasteiger partial charge in [-0.25, -0.2) is 4.79 Å². The van der Waals surface area contributed by atoms with Crippen molar-refractivity contribution in [2.24, 2.45) is 5.92 Å². The zero-order valence-corrected chi connectivity index (χ0v) is 22.8. The molecule has 3 amide bonds. The van der Waals surface area contributed by atoms with Gasteiger partial charge in [-0.05, 0) is 64.7 Å². The Bertz CT molecular complexity index is 1030. The van der Waals surface area contributed by atoms with Gasteiger partial charge in [0.1, 0.15) is 17.7 Å². The highest BCUT2D eigenvalue weighted by molar-refractivity contribution is 5.99. The van der Waals surface area contributed by atoms with E-state index in [0.717, 1.165) is 5.56 Å². The minimum atomic E-state index is -0.898. The van der Waals surface area contributed by atoms with Gasteiger partial charge < -0.3 is 20.3 Å². The van der Waals surface area contributed by atoms with Gasteiger partial charge in [0.25, 0.3) is 5.91 Å². The van der Waals surface area contributed by atoms with Gasteiger partial charge in [0, 0.05) is 11.7 Å². The third-order valence-corrected chi connectivity index (χ3v) is 6.01. The molecule has 3 unspecified atom stereocenters. The Balaban J connectivity index is 2.50. The fourth-order valence-corrected chi connectivity index (χ4v) is 3.95. The number of alkyl carbamates (subject to hydrolysis) is 1.